The standard InChI is InChI=1S/C24H30N4OS/c1-6-20(22(29)28-21-15(2)8-7-11-26-21)30-23-17(14-25)12-16-13-18(24(3,4)5)9-10-19(16)27-23/h7-8,11-12,18,20H,6,9-10,13H2,1-5H3,(H,26,28,29). The maximum absolute atomic E-state index is 12.9. The van der Waals surface area contributed by atoms with Crippen molar-refractivity contribution in [2.45, 2.75) is 70.6 Å². The second-order valence-corrected chi connectivity index (χ2v) is 10.2. The number of hydrogen-bond donors (Lipinski definition) is 1. The molecule has 0 bridgehead atoms. The zero-order chi connectivity index (χ0) is 21.9. The van der Waals surface area contributed by atoms with E-state index in [2.05, 4.69) is 37.1 Å². The van der Waals surface area contributed by atoms with Gasteiger partial charge in [-0.15, -0.1) is 0 Å². The molecule has 2 aromatic heterocycles. The van der Waals surface area contributed by atoms with Crippen molar-refractivity contribution in [3.05, 3.63) is 46.8 Å². The van der Waals surface area contributed by atoms with E-state index in [0.29, 0.717) is 28.7 Å². The van der Waals surface area contributed by atoms with Gasteiger partial charge in [0.05, 0.1) is 10.8 Å². The first-order chi connectivity index (χ1) is 14.2. The molecule has 5 nitrogen and oxygen atoms in total. The van der Waals surface area contributed by atoms with Crippen molar-refractivity contribution in [2.24, 2.45) is 11.3 Å². The van der Waals surface area contributed by atoms with E-state index < -0.39 is 0 Å². The second-order valence-electron chi connectivity index (χ2n) is 9.04. The van der Waals surface area contributed by atoms with Crippen LogP contribution in [-0.4, -0.2) is 21.1 Å². The molecule has 158 valence electrons. The highest BCUT2D eigenvalue weighted by Gasteiger charge is 2.30. The van der Waals surface area contributed by atoms with E-state index >= 15 is 0 Å². The van der Waals surface area contributed by atoms with Crippen LogP contribution in [0.3, 0.4) is 0 Å². The molecule has 1 aliphatic carbocycles. The van der Waals surface area contributed by atoms with E-state index in [1.54, 1.807) is 6.20 Å². The first kappa shape index (κ1) is 22.3. The smallest absolute Gasteiger partial charge is 0.239 e. The molecule has 0 saturated carbocycles. The Hall–Kier alpha value is -2.39. The van der Waals surface area contributed by atoms with Crippen LogP contribution < -0.4 is 5.32 Å². The lowest BCUT2D eigenvalue weighted by molar-refractivity contribution is -0.115. The fourth-order valence-electron chi connectivity index (χ4n) is 3.83. The molecule has 1 N–H and O–H groups in total. The molecule has 0 aliphatic heterocycles. The van der Waals surface area contributed by atoms with Crippen LogP contribution >= 0.6 is 11.8 Å². The molecule has 2 atom stereocenters. The van der Waals surface area contributed by atoms with Gasteiger partial charge in [-0.05, 0) is 67.2 Å². The lowest BCUT2D eigenvalue weighted by Crippen LogP contribution is -2.28. The van der Waals surface area contributed by atoms with E-state index in [1.807, 2.05) is 32.0 Å². The molecule has 0 aromatic carbocycles. The monoisotopic (exact) mass is 422 g/mol. The minimum atomic E-state index is -0.338. The Morgan fingerprint density at radius 2 is 2.20 bits per heavy atom. The number of nitriles is 1. The Labute approximate surface area is 183 Å². The molecule has 0 radical (unpaired) electrons. The molecule has 0 fully saturated rings. The Bertz CT molecular complexity index is 974. The third-order valence-electron chi connectivity index (χ3n) is 5.87. The van der Waals surface area contributed by atoms with Crippen molar-refractivity contribution in [3.63, 3.8) is 0 Å². The van der Waals surface area contributed by atoms with E-state index in [-0.39, 0.29) is 16.6 Å². The number of hydrogen-bond acceptors (Lipinski definition) is 5. The average molecular weight is 423 g/mol. The van der Waals surface area contributed by atoms with E-state index in [4.69, 9.17) is 4.98 Å². The molecule has 30 heavy (non-hydrogen) atoms. The molecule has 2 aromatic rings. The number of rotatable bonds is 5. The Morgan fingerprint density at radius 1 is 1.43 bits per heavy atom. The highest BCUT2D eigenvalue weighted by molar-refractivity contribution is 8.00. The fraction of sp³-hybridized carbons (Fsp3) is 0.500. The quantitative estimate of drug-likeness (QED) is 0.660. The van der Waals surface area contributed by atoms with Gasteiger partial charge in [-0.25, -0.2) is 9.97 Å². The van der Waals surface area contributed by atoms with Crippen molar-refractivity contribution < 1.29 is 4.79 Å². The summed E-state index contributed by atoms with van der Waals surface area (Å²) in [6, 6.07) is 8.06. The van der Waals surface area contributed by atoms with E-state index in [0.717, 1.165) is 30.5 Å². The highest BCUT2D eigenvalue weighted by Crippen LogP contribution is 2.38. The summed E-state index contributed by atoms with van der Waals surface area (Å²) in [5.74, 6) is 1.06. The van der Waals surface area contributed by atoms with Gasteiger partial charge in [0.2, 0.25) is 5.91 Å². The van der Waals surface area contributed by atoms with Crippen LogP contribution in [0, 0.1) is 29.6 Å². The third kappa shape index (κ3) is 5.02. The third-order valence-corrected chi connectivity index (χ3v) is 7.23. The molecule has 0 spiro atoms. The predicted octanol–water partition coefficient (Wildman–Crippen LogP) is 5.32. The Morgan fingerprint density at radius 3 is 2.83 bits per heavy atom. The highest BCUT2D eigenvalue weighted by atomic mass is 32.2. The van der Waals surface area contributed by atoms with Gasteiger partial charge < -0.3 is 5.32 Å². The minimum Gasteiger partial charge on any atom is -0.310 e. The number of nitrogens with one attached hydrogen (secondary N) is 1. The summed E-state index contributed by atoms with van der Waals surface area (Å²) in [7, 11) is 0. The number of thioether (sulfide) groups is 1. The second kappa shape index (κ2) is 9.18. The summed E-state index contributed by atoms with van der Waals surface area (Å²) >= 11 is 1.38. The SMILES string of the molecule is CCC(Sc1nc2c(cc1C#N)CC(C(C)(C)C)CC2)C(=O)Nc1ncccc1C. The lowest BCUT2D eigenvalue weighted by atomic mass is 9.71. The molecule has 0 saturated heterocycles. The lowest BCUT2D eigenvalue weighted by Gasteiger charge is -2.34. The molecule has 3 rings (SSSR count). The van der Waals surface area contributed by atoms with Crippen LogP contribution in [0.4, 0.5) is 5.82 Å². The topological polar surface area (TPSA) is 78.7 Å². The molecule has 2 heterocycles. The number of fused-ring (bicyclic) bond motifs is 1. The minimum absolute atomic E-state index is 0.111. The Balaban J connectivity index is 1.81. The zero-order valence-electron chi connectivity index (χ0n) is 18.5. The number of amides is 1. The van der Waals surface area contributed by atoms with E-state index in [1.165, 1.54) is 17.3 Å². The van der Waals surface area contributed by atoms with Gasteiger partial charge in [0, 0.05) is 11.9 Å². The van der Waals surface area contributed by atoms with Crippen molar-refractivity contribution >= 4 is 23.5 Å². The van der Waals surface area contributed by atoms with Gasteiger partial charge in [-0.2, -0.15) is 5.26 Å². The fourth-order valence-corrected chi connectivity index (χ4v) is 4.82. The number of aromatic nitrogens is 2. The summed E-state index contributed by atoms with van der Waals surface area (Å²) in [6.45, 7) is 10.7. The van der Waals surface area contributed by atoms with Crippen LogP contribution in [0.2, 0.25) is 0 Å². The van der Waals surface area contributed by atoms with Crippen LogP contribution in [0.1, 0.15) is 62.9 Å². The van der Waals surface area contributed by atoms with E-state index in [9.17, 15) is 10.1 Å². The number of pyridine rings is 2. The molecule has 6 heteroatoms. The summed E-state index contributed by atoms with van der Waals surface area (Å²) < 4.78 is 0. The number of carbonyl (C=O) groups excluding carboxylic acids is 1. The first-order valence-electron chi connectivity index (χ1n) is 10.5. The van der Waals surface area contributed by atoms with Crippen LogP contribution in [-0.2, 0) is 17.6 Å². The Kier molecular flexibility index (Phi) is 6.82. The summed E-state index contributed by atoms with van der Waals surface area (Å²) in [6.07, 6.45) is 5.30. The normalized spacial score (nSPS) is 17.0. The number of carbonyl (C=O) groups is 1. The van der Waals surface area contributed by atoms with Gasteiger partial charge in [0.25, 0.3) is 0 Å². The zero-order valence-corrected chi connectivity index (χ0v) is 19.3. The largest absolute Gasteiger partial charge is 0.310 e. The molecule has 1 aliphatic rings. The van der Waals surface area contributed by atoms with Gasteiger partial charge in [-0.1, -0.05) is 45.5 Å². The van der Waals surface area contributed by atoms with Crippen LogP contribution in [0.25, 0.3) is 0 Å². The predicted molar refractivity (Wildman–Crippen MR) is 121 cm³/mol. The number of aryl methyl sites for hydroxylation is 2. The first-order valence-corrected chi connectivity index (χ1v) is 11.4. The molecular weight excluding hydrogens is 392 g/mol. The van der Waals surface area contributed by atoms with Gasteiger partial charge in [0.1, 0.15) is 16.9 Å². The van der Waals surface area contributed by atoms with Gasteiger partial charge >= 0.3 is 0 Å². The van der Waals surface area contributed by atoms with Crippen molar-refractivity contribution in [2.75, 3.05) is 5.32 Å². The number of nitrogens with zero attached hydrogens (tertiary/aromatic N) is 3. The molecule has 1 amide bonds. The maximum Gasteiger partial charge on any atom is 0.239 e. The van der Waals surface area contributed by atoms with Crippen molar-refractivity contribution in [1.82, 2.24) is 9.97 Å². The van der Waals surface area contributed by atoms with Gasteiger partial charge in [-0.3, -0.25) is 4.79 Å². The van der Waals surface area contributed by atoms with Crippen LogP contribution in [0.5, 0.6) is 0 Å². The summed E-state index contributed by atoms with van der Waals surface area (Å²) in [4.78, 5) is 22.0. The van der Waals surface area contributed by atoms with Crippen molar-refractivity contribution in [3.8, 4) is 6.07 Å². The molecular formula is C24H30N4OS. The number of anilines is 1. The molecule has 2 unspecified atom stereocenters. The van der Waals surface area contributed by atoms with Crippen LogP contribution in [0.15, 0.2) is 29.4 Å². The average Bonchev–Trinajstić information content (AvgIpc) is 2.71. The maximum atomic E-state index is 12.9. The van der Waals surface area contributed by atoms with Crippen molar-refractivity contribution in [1.29, 1.82) is 5.26 Å². The summed E-state index contributed by atoms with van der Waals surface area (Å²) in [5.41, 5.74) is 3.99. The van der Waals surface area contributed by atoms with Gasteiger partial charge in [0.15, 0.2) is 0 Å². The summed E-state index contributed by atoms with van der Waals surface area (Å²) in [5, 5.41) is 13.0.